The van der Waals surface area contributed by atoms with Gasteiger partial charge in [-0.2, -0.15) is 0 Å². The van der Waals surface area contributed by atoms with Gasteiger partial charge in [0.15, 0.2) is 6.66 Å². The molecule has 2 atom stereocenters. The molecule has 0 N–H and O–H groups in total. The van der Waals surface area contributed by atoms with Crippen molar-refractivity contribution < 1.29 is 9.09 Å². The summed E-state index contributed by atoms with van der Waals surface area (Å²) in [5.41, 5.74) is 0.0843. The maximum absolute atomic E-state index is 10.6. The minimum atomic E-state index is -1.45. The largest absolute Gasteiger partial charge is 0.505 e. The lowest BCUT2D eigenvalue weighted by atomic mass is 9.91. The molecular weight excluding hydrogens is 147 g/mol. The van der Waals surface area contributed by atoms with E-state index >= 15 is 0 Å². The Morgan fingerprint density at radius 3 is 1.90 bits per heavy atom. The van der Waals surface area contributed by atoms with E-state index in [4.69, 9.17) is 4.52 Å². The van der Waals surface area contributed by atoms with Crippen molar-refractivity contribution >= 4 is 8.03 Å². The monoisotopic (exact) mass is 163 g/mol. The number of hydrogen-bond donors (Lipinski definition) is 0. The molecule has 3 heteroatoms. The van der Waals surface area contributed by atoms with E-state index in [0.717, 1.165) is 0 Å². The molecule has 0 rings (SSSR count). The van der Waals surface area contributed by atoms with Gasteiger partial charge in [-0.3, -0.25) is 0 Å². The number of rotatable bonds is 2. The fourth-order valence-electron chi connectivity index (χ4n) is 0.381. The Kier molecular flexibility index (Phi) is 3.47. The molecule has 0 aromatic rings. The second kappa shape index (κ2) is 3.45. The Morgan fingerprint density at radius 1 is 1.40 bits per heavy atom. The molecule has 0 amide bonds. The zero-order valence-electron chi connectivity index (χ0n) is 7.34. The van der Waals surface area contributed by atoms with Crippen LogP contribution in [0.4, 0.5) is 0 Å². The molecule has 0 aromatic carbocycles. The third-order valence-corrected chi connectivity index (χ3v) is 2.14. The molecule has 0 aromatic heterocycles. The van der Waals surface area contributed by atoms with Crippen molar-refractivity contribution in [3.05, 3.63) is 0 Å². The molecule has 0 aliphatic rings. The van der Waals surface area contributed by atoms with Crippen LogP contribution in [0.2, 0.25) is 0 Å². The molecule has 0 saturated heterocycles. The van der Waals surface area contributed by atoms with E-state index < -0.39 is 8.03 Å². The third kappa shape index (κ3) is 3.97. The Bertz CT molecular complexity index is 126. The topological polar surface area (TPSA) is 26.3 Å². The first-order valence-corrected chi connectivity index (χ1v) is 5.04. The average molecular weight is 163 g/mol. The summed E-state index contributed by atoms with van der Waals surface area (Å²) in [7, 11) is -1.45. The predicted octanol–water partition coefficient (Wildman–Crippen LogP) is 2.81. The van der Waals surface area contributed by atoms with Crippen molar-refractivity contribution in [1.29, 1.82) is 0 Å². The molecule has 60 valence electrons. The van der Waals surface area contributed by atoms with Crippen LogP contribution in [0.15, 0.2) is 0 Å². The van der Waals surface area contributed by atoms with Crippen molar-refractivity contribution in [3.63, 3.8) is 0 Å². The van der Waals surface area contributed by atoms with E-state index in [-0.39, 0.29) is 11.5 Å². The smallest absolute Gasteiger partial charge is 0.143 e. The molecule has 2 unspecified atom stereocenters. The molecule has 0 radical (unpaired) electrons. The van der Waals surface area contributed by atoms with E-state index in [1.807, 2.05) is 6.92 Å². The van der Waals surface area contributed by atoms with Crippen LogP contribution < -0.4 is 0 Å². The molecule has 0 spiro atoms. The highest BCUT2D eigenvalue weighted by Gasteiger charge is 2.27. The van der Waals surface area contributed by atoms with Crippen molar-refractivity contribution in [2.45, 2.75) is 33.8 Å². The van der Waals surface area contributed by atoms with Crippen molar-refractivity contribution in [3.8, 4) is 0 Å². The summed E-state index contributed by atoms with van der Waals surface area (Å²) in [6.45, 7) is 9.72. The first kappa shape index (κ1) is 10.1. The lowest BCUT2D eigenvalue weighted by Gasteiger charge is -2.21. The van der Waals surface area contributed by atoms with Crippen LogP contribution >= 0.6 is 8.03 Å². The molecule has 0 aliphatic carbocycles. The highest BCUT2D eigenvalue weighted by atomic mass is 31.1. The second-order valence-electron chi connectivity index (χ2n) is 3.55. The summed E-state index contributed by atoms with van der Waals surface area (Å²) in [6.07, 6.45) is 0.0566. The molecule has 0 aliphatic heterocycles. The highest BCUT2D eigenvalue weighted by molar-refractivity contribution is 7.38. The molecular formula is C7H16O2P+. The minimum Gasteiger partial charge on any atom is -0.143 e. The fourth-order valence-corrected chi connectivity index (χ4v) is 1.14. The van der Waals surface area contributed by atoms with Crippen LogP contribution in [0, 0.1) is 5.41 Å². The molecule has 2 nitrogen and oxygen atoms in total. The lowest BCUT2D eigenvalue weighted by molar-refractivity contribution is 0.113. The van der Waals surface area contributed by atoms with Crippen LogP contribution in [0.25, 0.3) is 0 Å². The third-order valence-electron chi connectivity index (χ3n) is 1.53. The van der Waals surface area contributed by atoms with Gasteiger partial charge in [0.1, 0.15) is 6.10 Å². The van der Waals surface area contributed by atoms with Crippen LogP contribution in [-0.2, 0) is 9.09 Å². The summed E-state index contributed by atoms with van der Waals surface area (Å²) in [5, 5.41) is 0. The van der Waals surface area contributed by atoms with Crippen molar-refractivity contribution in [2.24, 2.45) is 5.41 Å². The van der Waals surface area contributed by atoms with Gasteiger partial charge in [0.05, 0.1) is 0 Å². The zero-order valence-corrected chi connectivity index (χ0v) is 8.24. The summed E-state index contributed by atoms with van der Waals surface area (Å²) in [4.78, 5) is 0. The maximum atomic E-state index is 10.6. The Balaban J connectivity index is 3.85. The SMILES string of the molecule is CC(O[P+](C)=O)C(C)(C)C. The van der Waals surface area contributed by atoms with Crippen molar-refractivity contribution in [2.75, 3.05) is 6.66 Å². The molecule has 0 saturated carbocycles. The molecule has 0 fully saturated rings. The lowest BCUT2D eigenvalue weighted by Crippen LogP contribution is -2.23. The number of hydrogen-bond acceptors (Lipinski definition) is 2. The summed E-state index contributed by atoms with van der Waals surface area (Å²) < 4.78 is 15.8. The van der Waals surface area contributed by atoms with Crippen LogP contribution in [0.5, 0.6) is 0 Å². The van der Waals surface area contributed by atoms with E-state index in [0.29, 0.717) is 0 Å². The highest BCUT2D eigenvalue weighted by Crippen LogP contribution is 2.29. The van der Waals surface area contributed by atoms with E-state index in [1.165, 1.54) is 0 Å². The summed E-state index contributed by atoms with van der Waals surface area (Å²) in [5.74, 6) is 0. The van der Waals surface area contributed by atoms with Gasteiger partial charge in [0.2, 0.25) is 0 Å². The van der Waals surface area contributed by atoms with Gasteiger partial charge in [0.25, 0.3) is 0 Å². The molecule has 10 heavy (non-hydrogen) atoms. The normalized spacial score (nSPS) is 16.7. The average Bonchev–Trinajstić information content (AvgIpc) is 1.60. The Hall–Kier alpha value is 0.0600. The van der Waals surface area contributed by atoms with Gasteiger partial charge in [-0.05, 0) is 16.9 Å². The predicted molar refractivity (Wildman–Crippen MR) is 43.5 cm³/mol. The summed E-state index contributed by atoms with van der Waals surface area (Å²) >= 11 is 0. The molecule has 0 bridgehead atoms. The molecule has 0 heterocycles. The van der Waals surface area contributed by atoms with Crippen LogP contribution in [0.1, 0.15) is 27.7 Å². The van der Waals surface area contributed by atoms with Gasteiger partial charge < -0.3 is 0 Å². The summed E-state index contributed by atoms with van der Waals surface area (Å²) in [6, 6.07) is 0. The van der Waals surface area contributed by atoms with Gasteiger partial charge in [0, 0.05) is 0 Å². The quantitative estimate of drug-likeness (QED) is 0.585. The Morgan fingerprint density at radius 2 is 1.80 bits per heavy atom. The first-order valence-electron chi connectivity index (χ1n) is 3.41. The van der Waals surface area contributed by atoms with Crippen LogP contribution in [-0.4, -0.2) is 12.8 Å². The van der Waals surface area contributed by atoms with Gasteiger partial charge in [-0.25, -0.2) is 0 Å². The standard InChI is InChI=1S/C7H16O2P/c1-6(7(2,3)4)9-10(5)8/h6H,1-5H3/q+1. The van der Waals surface area contributed by atoms with Crippen molar-refractivity contribution in [1.82, 2.24) is 0 Å². The van der Waals surface area contributed by atoms with Gasteiger partial charge >= 0.3 is 8.03 Å². The van der Waals surface area contributed by atoms with E-state index in [9.17, 15) is 4.57 Å². The van der Waals surface area contributed by atoms with E-state index in [2.05, 4.69) is 20.8 Å². The first-order chi connectivity index (χ1) is 4.34. The van der Waals surface area contributed by atoms with E-state index in [1.54, 1.807) is 6.66 Å². The minimum absolute atomic E-state index is 0.0566. The van der Waals surface area contributed by atoms with Gasteiger partial charge in [-0.1, -0.05) is 20.8 Å². The fraction of sp³-hybridized carbons (Fsp3) is 1.00. The Labute approximate surface area is 63.8 Å². The van der Waals surface area contributed by atoms with Crippen LogP contribution in [0.3, 0.4) is 0 Å². The second-order valence-corrected chi connectivity index (χ2v) is 4.64. The maximum Gasteiger partial charge on any atom is 0.505 e. The zero-order chi connectivity index (χ0) is 8.36. The van der Waals surface area contributed by atoms with Gasteiger partial charge in [-0.15, -0.1) is 4.52 Å².